The summed E-state index contributed by atoms with van der Waals surface area (Å²) in [4.78, 5) is 27.2. The first-order valence-corrected chi connectivity index (χ1v) is 9.12. The van der Waals surface area contributed by atoms with E-state index >= 15 is 0 Å². The summed E-state index contributed by atoms with van der Waals surface area (Å²) >= 11 is 1.32. The third-order valence-corrected chi connectivity index (χ3v) is 4.51. The SMILES string of the molecule is CCC(=O)C(=O)Oc1csc(NC(c2ccccc2)c2ccccc2)n1. The molecule has 0 radical (unpaired) electrons. The first kappa shape index (κ1) is 17.8. The third-order valence-electron chi connectivity index (χ3n) is 3.76. The standard InChI is InChI=1S/C20H18N2O3S/c1-2-16(23)19(24)25-17-13-26-20(21-17)22-18(14-9-5-3-6-10-14)15-11-7-4-8-12-15/h3-13,18H,2H2,1H3,(H,21,22). The highest BCUT2D eigenvalue weighted by molar-refractivity contribution is 7.13. The molecule has 26 heavy (non-hydrogen) atoms. The number of benzene rings is 2. The van der Waals surface area contributed by atoms with Crippen molar-refractivity contribution in [2.45, 2.75) is 19.4 Å². The number of Topliss-reactive ketones (excluding diaryl/α,β-unsaturated/α-hetero) is 1. The van der Waals surface area contributed by atoms with Crippen molar-refractivity contribution in [1.29, 1.82) is 0 Å². The van der Waals surface area contributed by atoms with Gasteiger partial charge in [-0.15, -0.1) is 11.3 Å². The molecule has 5 nitrogen and oxygen atoms in total. The lowest BCUT2D eigenvalue weighted by Crippen LogP contribution is -2.19. The molecule has 0 aliphatic rings. The quantitative estimate of drug-likeness (QED) is 0.501. The van der Waals surface area contributed by atoms with E-state index in [2.05, 4.69) is 10.3 Å². The van der Waals surface area contributed by atoms with Crippen LogP contribution in [0.5, 0.6) is 5.88 Å². The molecule has 0 aliphatic carbocycles. The van der Waals surface area contributed by atoms with E-state index in [-0.39, 0.29) is 18.3 Å². The van der Waals surface area contributed by atoms with Crippen LogP contribution in [0.15, 0.2) is 66.0 Å². The molecule has 1 aromatic heterocycles. The summed E-state index contributed by atoms with van der Waals surface area (Å²) in [6.07, 6.45) is 0.109. The average Bonchev–Trinajstić information content (AvgIpc) is 3.13. The lowest BCUT2D eigenvalue weighted by atomic mass is 9.99. The normalized spacial score (nSPS) is 10.5. The molecule has 2 aromatic carbocycles. The molecule has 3 rings (SSSR count). The minimum atomic E-state index is -0.882. The zero-order chi connectivity index (χ0) is 18.4. The van der Waals surface area contributed by atoms with Crippen LogP contribution in [0.3, 0.4) is 0 Å². The summed E-state index contributed by atoms with van der Waals surface area (Å²) < 4.78 is 5.01. The van der Waals surface area contributed by atoms with Crippen molar-refractivity contribution in [2.75, 3.05) is 5.32 Å². The van der Waals surface area contributed by atoms with Gasteiger partial charge in [0.2, 0.25) is 11.7 Å². The molecule has 0 atom stereocenters. The number of nitrogens with zero attached hydrogens (tertiary/aromatic N) is 1. The van der Waals surface area contributed by atoms with Crippen molar-refractivity contribution in [3.8, 4) is 5.88 Å². The van der Waals surface area contributed by atoms with Gasteiger partial charge >= 0.3 is 5.97 Å². The number of esters is 1. The van der Waals surface area contributed by atoms with Gasteiger partial charge < -0.3 is 10.1 Å². The van der Waals surface area contributed by atoms with E-state index in [0.717, 1.165) is 11.1 Å². The number of hydrogen-bond acceptors (Lipinski definition) is 6. The molecule has 0 fully saturated rings. The fourth-order valence-corrected chi connectivity index (χ4v) is 3.08. The number of rotatable bonds is 7. The van der Waals surface area contributed by atoms with Crippen molar-refractivity contribution in [1.82, 2.24) is 4.98 Å². The van der Waals surface area contributed by atoms with Crippen LogP contribution in [0.25, 0.3) is 0 Å². The third kappa shape index (κ3) is 4.34. The van der Waals surface area contributed by atoms with Crippen LogP contribution in [0.2, 0.25) is 0 Å². The number of ether oxygens (including phenoxy) is 1. The number of hydrogen-bond donors (Lipinski definition) is 1. The van der Waals surface area contributed by atoms with E-state index in [4.69, 9.17) is 4.74 Å². The fraction of sp³-hybridized carbons (Fsp3) is 0.150. The Balaban J connectivity index is 1.80. The number of carbonyl (C=O) groups is 2. The van der Waals surface area contributed by atoms with Gasteiger partial charge in [-0.1, -0.05) is 67.6 Å². The predicted molar refractivity (Wildman–Crippen MR) is 101 cm³/mol. The van der Waals surface area contributed by atoms with E-state index in [1.54, 1.807) is 12.3 Å². The van der Waals surface area contributed by atoms with Crippen LogP contribution >= 0.6 is 11.3 Å². The highest BCUT2D eigenvalue weighted by Gasteiger charge is 2.18. The number of nitrogens with one attached hydrogen (secondary N) is 1. The molecule has 1 heterocycles. The monoisotopic (exact) mass is 366 g/mol. The summed E-state index contributed by atoms with van der Waals surface area (Å²) in [6, 6.07) is 19.9. The number of carbonyl (C=O) groups excluding carboxylic acids is 2. The largest absolute Gasteiger partial charge is 0.401 e. The van der Waals surface area contributed by atoms with Gasteiger partial charge in [-0.05, 0) is 11.1 Å². The Bertz CT molecular complexity index is 839. The van der Waals surface area contributed by atoms with Crippen LogP contribution in [0.1, 0.15) is 30.5 Å². The molecule has 0 bridgehead atoms. The Kier molecular flexibility index (Phi) is 5.76. The zero-order valence-corrected chi connectivity index (χ0v) is 15.0. The van der Waals surface area contributed by atoms with Gasteiger partial charge in [0.25, 0.3) is 0 Å². The minimum Gasteiger partial charge on any atom is -0.401 e. The second-order valence-electron chi connectivity index (χ2n) is 5.56. The first-order valence-electron chi connectivity index (χ1n) is 8.24. The molecule has 0 unspecified atom stereocenters. The van der Waals surface area contributed by atoms with Crippen LogP contribution in [-0.4, -0.2) is 16.7 Å². The minimum absolute atomic E-state index is 0.0932. The molecular formula is C20H18N2O3S. The molecule has 6 heteroatoms. The second kappa shape index (κ2) is 8.40. The highest BCUT2D eigenvalue weighted by atomic mass is 32.1. The molecule has 3 aromatic rings. The maximum Gasteiger partial charge on any atom is 0.381 e. The Morgan fingerprint density at radius 2 is 1.62 bits per heavy atom. The van der Waals surface area contributed by atoms with Crippen molar-refractivity contribution in [2.24, 2.45) is 0 Å². The number of aromatic nitrogens is 1. The number of anilines is 1. The molecule has 132 valence electrons. The van der Waals surface area contributed by atoms with Crippen molar-refractivity contribution in [3.05, 3.63) is 77.2 Å². The van der Waals surface area contributed by atoms with Crippen molar-refractivity contribution >= 4 is 28.2 Å². The summed E-state index contributed by atoms with van der Waals surface area (Å²) in [5, 5.41) is 5.59. The number of ketones is 1. The second-order valence-corrected chi connectivity index (χ2v) is 6.41. The average molecular weight is 366 g/mol. The van der Waals surface area contributed by atoms with Crippen LogP contribution in [0, 0.1) is 0 Å². The molecular weight excluding hydrogens is 348 g/mol. The Morgan fingerprint density at radius 1 is 1.04 bits per heavy atom. The van der Waals surface area contributed by atoms with E-state index < -0.39 is 11.8 Å². The lowest BCUT2D eigenvalue weighted by molar-refractivity contribution is -0.147. The molecule has 1 N–H and O–H groups in total. The predicted octanol–water partition coefficient (Wildman–Crippen LogP) is 4.23. The molecule has 0 saturated heterocycles. The number of thiazole rings is 1. The lowest BCUT2D eigenvalue weighted by Gasteiger charge is -2.19. The fourth-order valence-electron chi connectivity index (χ4n) is 2.44. The van der Waals surface area contributed by atoms with E-state index in [9.17, 15) is 9.59 Å². The van der Waals surface area contributed by atoms with Gasteiger partial charge in [0.05, 0.1) is 11.4 Å². The summed E-state index contributed by atoms with van der Waals surface area (Å²) in [6.45, 7) is 1.61. The van der Waals surface area contributed by atoms with Crippen molar-refractivity contribution in [3.63, 3.8) is 0 Å². The highest BCUT2D eigenvalue weighted by Crippen LogP contribution is 2.30. The van der Waals surface area contributed by atoms with Gasteiger partial charge in [-0.2, -0.15) is 4.98 Å². The topological polar surface area (TPSA) is 68.3 Å². The molecule has 0 saturated carbocycles. The maximum atomic E-state index is 11.6. The van der Waals surface area contributed by atoms with Crippen molar-refractivity contribution < 1.29 is 14.3 Å². The van der Waals surface area contributed by atoms with Gasteiger partial charge in [0.15, 0.2) is 5.13 Å². The van der Waals surface area contributed by atoms with Gasteiger partial charge in [-0.3, -0.25) is 4.79 Å². The Hall–Kier alpha value is -2.99. The molecule has 0 spiro atoms. The molecule has 0 aliphatic heterocycles. The van der Waals surface area contributed by atoms with Crippen LogP contribution < -0.4 is 10.1 Å². The Labute approximate surface area is 155 Å². The van der Waals surface area contributed by atoms with Crippen LogP contribution in [0.4, 0.5) is 5.13 Å². The van der Waals surface area contributed by atoms with Gasteiger partial charge in [0.1, 0.15) is 0 Å². The van der Waals surface area contributed by atoms with Crippen LogP contribution in [-0.2, 0) is 9.59 Å². The Morgan fingerprint density at radius 3 is 2.15 bits per heavy atom. The summed E-state index contributed by atoms with van der Waals surface area (Å²) in [5.74, 6) is -1.32. The summed E-state index contributed by atoms with van der Waals surface area (Å²) in [7, 11) is 0. The van der Waals surface area contributed by atoms with Gasteiger partial charge in [-0.25, -0.2) is 4.79 Å². The van der Waals surface area contributed by atoms with Gasteiger partial charge in [0, 0.05) is 6.42 Å². The smallest absolute Gasteiger partial charge is 0.381 e. The van der Waals surface area contributed by atoms with E-state index in [0.29, 0.717) is 5.13 Å². The zero-order valence-electron chi connectivity index (χ0n) is 14.2. The molecule has 0 amide bonds. The maximum absolute atomic E-state index is 11.6. The first-order chi connectivity index (χ1) is 12.7. The summed E-state index contributed by atoms with van der Waals surface area (Å²) in [5.41, 5.74) is 2.18. The van der Waals surface area contributed by atoms with E-state index in [1.807, 2.05) is 60.7 Å². The van der Waals surface area contributed by atoms with E-state index in [1.165, 1.54) is 11.3 Å².